The normalized spacial score (nSPS) is 16.1. The van der Waals surface area contributed by atoms with Crippen molar-refractivity contribution in [1.29, 1.82) is 0 Å². The second-order valence-corrected chi connectivity index (χ2v) is 5.37. The Morgan fingerprint density at radius 3 is 2.94 bits per heavy atom. The number of aryl methyl sites for hydroxylation is 1. The Bertz CT molecular complexity index is 381. The first-order chi connectivity index (χ1) is 8.85. The van der Waals surface area contributed by atoms with Gasteiger partial charge in [-0.25, -0.2) is 9.97 Å². The molecule has 0 aromatic carbocycles. The van der Waals surface area contributed by atoms with E-state index in [1.807, 2.05) is 0 Å². The number of aromatic nitrogens is 2. The van der Waals surface area contributed by atoms with Crippen LogP contribution in [0.2, 0.25) is 0 Å². The second-order valence-electron chi connectivity index (χ2n) is 4.99. The number of fused-ring (bicyclic) bond motifs is 1. The number of hydrogen-bond acceptors (Lipinski definition) is 3. The van der Waals surface area contributed by atoms with Crippen LogP contribution in [-0.4, -0.2) is 22.4 Å². The third kappa shape index (κ3) is 3.35. The van der Waals surface area contributed by atoms with E-state index in [4.69, 9.17) is 11.6 Å². The van der Waals surface area contributed by atoms with Crippen LogP contribution in [0, 0.1) is 5.92 Å². The summed E-state index contributed by atoms with van der Waals surface area (Å²) in [5.74, 6) is 2.42. The van der Waals surface area contributed by atoms with Crippen molar-refractivity contribution < 1.29 is 0 Å². The van der Waals surface area contributed by atoms with Crippen molar-refractivity contribution in [3.05, 3.63) is 17.6 Å². The van der Waals surface area contributed by atoms with Gasteiger partial charge in [-0.2, -0.15) is 0 Å². The number of halogens is 1. The van der Waals surface area contributed by atoms with E-state index in [2.05, 4.69) is 22.2 Å². The van der Waals surface area contributed by atoms with E-state index in [9.17, 15) is 0 Å². The van der Waals surface area contributed by atoms with Crippen molar-refractivity contribution in [2.75, 3.05) is 17.7 Å². The molecule has 1 aliphatic rings. The Morgan fingerprint density at radius 2 is 2.17 bits per heavy atom. The number of nitrogens with one attached hydrogen (secondary N) is 1. The van der Waals surface area contributed by atoms with Crippen molar-refractivity contribution >= 4 is 17.4 Å². The van der Waals surface area contributed by atoms with Crippen LogP contribution in [0.1, 0.15) is 43.9 Å². The molecule has 0 fully saturated rings. The summed E-state index contributed by atoms with van der Waals surface area (Å²) in [6.07, 6.45) is 8.65. The van der Waals surface area contributed by atoms with Crippen molar-refractivity contribution in [2.45, 2.75) is 45.4 Å². The Kier molecular flexibility index (Phi) is 5.24. The lowest BCUT2D eigenvalue weighted by atomic mass is 9.96. The van der Waals surface area contributed by atoms with Crippen LogP contribution in [0.4, 0.5) is 5.82 Å². The molecule has 18 heavy (non-hydrogen) atoms. The lowest BCUT2D eigenvalue weighted by molar-refractivity contribution is 0.520. The van der Waals surface area contributed by atoms with Crippen molar-refractivity contribution in [3.8, 4) is 0 Å². The van der Waals surface area contributed by atoms with E-state index in [1.165, 1.54) is 24.1 Å². The Balaban J connectivity index is 2.00. The molecule has 0 saturated carbocycles. The largest absolute Gasteiger partial charge is 0.369 e. The molecule has 0 saturated heterocycles. The lowest BCUT2D eigenvalue weighted by Gasteiger charge is -2.20. The van der Waals surface area contributed by atoms with Crippen molar-refractivity contribution in [2.24, 2.45) is 5.92 Å². The van der Waals surface area contributed by atoms with Crippen LogP contribution in [0.5, 0.6) is 0 Å². The van der Waals surface area contributed by atoms with E-state index >= 15 is 0 Å². The summed E-state index contributed by atoms with van der Waals surface area (Å²) in [5.41, 5.74) is 2.58. The van der Waals surface area contributed by atoms with Crippen LogP contribution in [0.25, 0.3) is 0 Å². The summed E-state index contributed by atoms with van der Waals surface area (Å²) < 4.78 is 0. The molecule has 4 heteroatoms. The van der Waals surface area contributed by atoms with Gasteiger partial charge in [0, 0.05) is 23.7 Å². The molecule has 1 N–H and O–H groups in total. The molecule has 1 aromatic rings. The Labute approximate surface area is 114 Å². The molecule has 0 aliphatic heterocycles. The summed E-state index contributed by atoms with van der Waals surface area (Å²) in [7, 11) is 0. The highest BCUT2D eigenvalue weighted by molar-refractivity contribution is 6.17. The number of rotatable bonds is 6. The van der Waals surface area contributed by atoms with Gasteiger partial charge in [-0.15, -0.1) is 11.6 Å². The quantitative estimate of drug-likeness (QED) is 0.803. The minimum atomic E-state index is 0.636. The van der Waals surface area contributed by atoms with Gasteiger partial charge < -0.3 is 5.32 Å². The van der Waals surface area contributed by atoms with Crippen LogP contribution in [-0.2, 0) is 12.8 Å². The van der Waals surface area contributed by atoms with Gasteiger partial charge in [0.25, 0.3) is 0 Å². The maximum absolute atomic E-state index is 5.82. The van der Waals surface area contributed by atoms with Gasteiger partial charge in [-0.05, 0) is 38.0 Å². The molecule has 0 bridgehead atoms. The summed E-state index contributed by atoms with van der Waals surface area (Å²) in [5, 5.41) is 3.50. The van der Waals surface area contributed by atoms with Gasteiger partial charge in [0.2, 0.25) is 0 Å². The van der Waals surface area contributed by atoms with E-state index in [0.29, 0.717) is 5.92 Å². The highest BCUT2D eigenvalue weighted by atomic mass is 35.5. The van der Waals surface area contributed by atoms with E-state index < -0.39 is 0 Å². The third-order valence-electron chi connectivity index (χ3n) is 3.78. The van der Waals surface area contributed by atoms with E-state index in [1.54, 1.807) is 6.33 Å². The summed E-state index contributed by atoms with van der Waals surface area (Å²) in [6.45, 7) is 3.18. The summed E-state index contributed by atoms with van der Waals surface area (Å²) in [4.78, 5) is 8.79. The average Bonchev–Trinajstić information content (AvgIpc) is 2.43. The van der Waals surface area contributed by atoms with Crippen molar-refractivity contribution in [1.82, 2.24) is 9.97 Å². The Hall–Kier alpha value is -0.830. The fourth-order valence-corrected chi connectivity index (χ4v) is 2.83. The lowest BCUT2D eigenvalue weighted by Crippen LogP contribution is -2.18. The van der Waals surface area contributed by atoms with Crippen LogP contribution >= 0.6 is 11.6 Å². The predicted octanol–water partition coefficient (Wildman–Crippen LogP) is 3.42. The number of alkyl halides is 1. The number of hydrogen-bond donors (Lipinski definition) is 1. The summed E-state index contributed by atoms with van der Waals surface area (Å²) >= 11 is 5.82. The topological polar surface area (TPSA) is 37.8 Å². The molecule has 2 rings (SSSR count). The highest BCUT2D eigenvalue weighted by Gasteiger charge is 2.15. The molecule has 0 spiro atoms. The van der Waals surface area contributed by atoms with Crippen LogP contribution in [0.3, 0.4) is 0 Å². The fourth-order valence-electron chi connectivity index (χ4n) is 2.52. The zero-order valence-electron chi connectivity index (χ0n) is 11.1. The molecule has 0 amide bonds. The molecule has 1 aromatic heterocycles. The second kappa shape index (κ2) is 6.93. The highest BCUT2D eigenvalue weighted by Crippen LogP contribution is 2.24. The van der Waals surface area contributed by atoms with Crippen LogP contribution in [0.15, 0.2) is 6.33 Å². The monoisotopic (exact) mass is 267 g/mol. The van der Waals surface area contributed by atoms with Gasteiger partial charge in [0.15, 0.2) is 0 Å². The standard InChI is InChI=1S/C14H22ClN3/c1-2-11(7-8-15)9-16-14-12-5-3-4-6-13(12)17-10-18-14/h10-11H,2-9H2,1H3,(H,16,17,18). The SMILES string of the molecule is CCC(CCCl)CNc1ncnc2c1CCCC2. The average molecular weight is 268 g/mol. The van der Waals surface area contributed by atoms with E-state index in [-0.39, 0.29) is 0 Å². The molecule has 1 aliphatic carbocycles. The van der Waals surface area contributed by atoms with Gasteiger partial charge in [0.05, 0.1) is 0 Å². The van der Waals surface area contributed by atoms with Gasteiger partial charge in [0.1, 0.15) is 12.1 Å². The maximum Gasteiger partial charge on any atom is 0.132 e. The third-order valence-corrected chi connectivity index (χ3v) is 4.00. The van der Waals surface area contributed by atoms with Gasteiger partial charge in [-0.3, -0.25) is 0 Å². The first-order valence-electron chi connectivity index (χ1n) is 6.97. The molecule has 3 nitrogen and oxygen atoms in total. The number of anilines is 1. The zero-order chi connectivity index (χ0) is 12.8. The van der Waals surface area contributed by atoms with E-state index in [0.717, 1.165) is 43.9 Å². The van der Waals surface area contributed by atoms with Crippen LogP contribution < -0.4 is 5.32 Å². The molecule has 100 valence electrons. The molecule has 1 atom stereocenters. The minimum Gasteiger partial charge on any atom is -0.369 e. The molecule has 1 heterocycles. The van der Waals surface area contributed by atoms with Gasteiger partial charge in [-0.1, -0.05) is 13.3 Å². The first kappa shape index (κ1) is 13.6. The zero-order valence-corrected chi connectivity index (χ0v) is 11.8. The Morgan fingerprint density at radius 1 is 1.33 bits per heavy atom. The van der Waals surface area contributed by atoms with Gasteiger partial charge >= 0.3 is 0 Å². The maximum atomic E-state index is 5.82. The first-order valence-corrected chi connectivity index (χ1v) is 7.51. The molecule has 1 unspecified atom stereocenters. The molecular formula is C14H22ClN3. The predicted molar refractivity (Wildman–Crippen MR) is 76.3 cm³/mol. The molecular weight excluding hydrogens is 246 g/mol. The smallest absolute Gasteiger partial charge is 0.132 e. The van der Waals surface area contributed by atoms with Crippen molar-refractivity contribution in [3.63, 3.8) is 0 Å². The minimum absolute atomic E-state index is 0.636. The fraction of sp³-hybridized carbons (Fsp3) is 0.714. The summed E-state index contributed by atoms with van der Waals surface area (Å²) in [6, 6.07) is 0. The number of nitrogens with zero attached hydrogens (tertiary/aromatic N) is 2. The molecule has 0 radical (unpaired) electrons.